The van der Waals surface area contributed by atoms with Gasteiger partial charge in [-0.15, -0.1) is 0 Å². The van der Waals surface area contributed by atoms with Crippen molar-refractivity contribution in [2.45, 2.75) is 45.4 Å². The molecule has 0 spiro atoms. The number of pyridine rings is 1. The Labute approximate surface area is 174 Å². The normalized spacial score (nSPS) is 11.6. The highest BCUT2D eigenvalue weighted by Gasteiger charge is 2.23. The van der Waals surface area contributed by atoms with Crippen molar-refractivity contribution >= 4 is 12.1 Å². The van der Waals surface area contributed by atoms with E-state index in [4.69, 9.17) is 9.47 Å². The molecule has 0 aliphatic carbocycles. The van der Waals surface area contributed by atoms with E-state index in [0.29, 0.717) is 17.0 Å². The molecule has 0 fully saturated rings. The summed E-state index contributed by atoms with van der Waals surface area (Å²) in [6.45, 7) is 5.10. The molecule has 0 aliphatic heterocycles. The van der Waals surface area contributed by atoms with Crippen LogP contribution in [0.25, 0.3) is 0 Å². The molecule has 1 amide bonds. The number of hydrogen-bond acceptors (Lipinski definition) is 5. The molecule has 0 bridgehead atoms. The fraction of sp³-hybridized carbons (Fsp3) is 0.318. The standard InChI is InChI=1S/C22H23FN2O5/c1-22(2,3)30-21(28)25-19(20(26)27)10-6-8-16-11-12-17(13-24-16)29-14-15-7-4-5-9-18(15)23/h4-5,7,9,11-13,19H,10,14H2,1-3H3,(H,25,28)(H,26,27)/t19-/m0/s1. The zero-order chi connectivity index (χ0) is 22.1. The van der Waals surface area contributed by atoms with E-state index >= 15 is 0 Å². The molecule has 2 rings (SSSR count). The van der Waals surface area contributed by atoms with E-state index in [1.807, 2.05) is 0 Å². The van der Waals surface area contributed by atoms with Gasteiger partial charge in [-0.2, -0.15) is 0 Å². The summed E-state index contributed by atoms with van der Waals surface area (Å²) in [5.41, 5.74) is 0.0898. The summed E-state index contributed by atoms with van der Waals surface area (Å²) in [5.74, 6) is 4.29. The predicted molar refractivity (Wildman–Crippen MR) is 107 cm³/mol. The number of aliphatic carboxylic acids is 1. The zero-order valence-corrected chi connectivity index (χ0v) is 16.9. The lowest BCUT2D eigenvalue weighted by atomic mass is 10.2. The Balaban J connectivity index is 1.91. The summed E-state index contributed by atoms with van der Waals surface area (Å²) in [7, 11) is 0. The second-order valence-electron chi connectivity index (χ2n) is 7.30. The van der Waals surface area contributed by atoms with Crippen LogP contribution < -0.4 is 10.1 Å². The largest absolute Gasteiger partial charge is 0.487 e. The lowest BCUT2D eigenvalue weighted by Gasteiger charge is -2.21. The number of nitrogens with one attached hydrogen (secondary N) is 1. The van der Waals surface area contributed by atoms with Gasteiger partial charge >= 0.3 is 12.1 Å². The Morgan fingerprint density at radius 3 is 2.57 bits per heavy atom. The van der Waals surface area contributed by atoms with Gasteiger partial charge in [-0.25, -0.2) is 19.0 Å². The van der Waals surface area contributed by atoms with Crippen molar-refractivity contribution in [1.29, 1.82) is 0 Å². The van der Waals surface area contributed by atoms with Gasteiger partial charge in [-0.1, -0.05) is 24.1 Å². The molecule has 0 radical (unpaired) electrons. The van der Waals surface area contributed by atoms with Gasteiger partial charge in [0.1, 0.15) is 35.5 Å². The van der Waals surface area contributed by atoms with Crippen LogP contribution in [0.1, 0.15) is 38.4 Å². The molecule has 7 nitrogen and oxygen atoms in total. The molecule has 0 unspecified atom stereocenters. The quantitative estimate of drug-likeness (QED) is 0.702. The van der Waals surface area contributed by atoms with Crippen molar-refractivity contribution in [3.8, 4) is 17.6 Å². The summed E-state index contributed by atoms with van der Waals surface area (Å²) in [6, 6.07) is 8.33. The number of amides is 1. The molecule has 1 atom stereocenters. The number of benzene rings is 1. The van der Waals surface area contributed by atoms with E-state index in [-0.39, 0.29) is 18.8 Å². The molecule has 0 aliphatic rings. The fourth-order valence-electron chi connectivity index (χ4n) is 2.21. The highest BCUT2D eigenvalue weighted by molar-refractivity contribution is 5.80. The monoisotopic (exact) mass is 414 g/mol. The first kappa shape index (κ1) is 22.7. The molecule has 1 heterocycles. The molecule has 0 saturated heterocycles. The van der Waals surface area contributed by atoms with Gasteiger partial charge in [0.2, 0.25) is 0 Å². The zero-order valence-electron chi connectivity index (χ0n) is 16.9. The maximum Gasteiger partial charge on any atom is 0.408 e. The number of hydrogen-bond donors (Lipinski definition) is 2. The highest BCUT2D eigenvalue weighted by atomic mass is 19.1. The van der Waals surface area contributed by atoms with Crippen LogP contribution in [0.4, 0.5) is 9.18 Å². The van der Waals surface area contributed by atoms with Gasteiger partial charge in [0.25, 0.3) is 0 Å². The Morgan fingerprint density at radius 1 is 1.23 bits per heavy atom. The third kappa shape index (κ3) is 7.80. The molecule has 1 aromatic carbocycles. The molecule has 30 heavy (non-hydrogen) atoms. The highest BCUT2D eigenvalue weighted by Crippen LogP contribution is 2.13. The first-order valence-electron chi connectivity index (χ1n) is 9.17. The lowest BCUT2D eigenvalue weighted by molar-refractivity contribution is -0.139. The molecular weight excluding hydrogens is 391 g/mol. The summed E-state index contributed by atoms with van der Waals surface area (Å²) >= 11 is 0. The van der Waals surface area contributed by atoms with Gasteiger partial charge in [0.05, 0.1) is 6.20 Å². The van der Waals surface area contributed by atoms with Crippen LogP contribution in [0, 0.1) is 17.7 Å². The minimum Gasteiger partial charge on any atom is -0.487 e. The minimum atomic E-state index is -1.22. The molecule has 2 aromatic rings. The van der Waals surface area contributed by atoms with Gasteiger partial charge < -0.3 is 19.9 Å². The first-order chi connectivity index (χ1) is 14.1. The topological polar surface area (TPSA) is 97.8 Å². The van der Waals surface area contributed by atoms with Crippen LogP contribution in [0.3, 0.4) is 0 Å². The second-order valence-corrected chi connectivity index (χ2v) is 7.30. The number of carboxylic acids is 1. The summed E-state index contributed by atoms with van der Waals surface area (Å²) < 4.78 is 24.1. The molecular formula is C22H23FN2O5. The van der Waals surface area contributed by atoms with Crippen molar-refractivity contribution in [2.75, 3.05) is 0 Å². The van der Waals surface area contributed by atoms with Gasteiger partial charge in [-0.3, -0.25) is 0 Å². The number of aromatic nitrogens is 1. The van der Waals surface area contributed by atoms with Gasteiger partial charge in [0, 0.05) is 12.0 Å². The number of halogens is 1. The van der Waals surface area contributed by atoms with Crippen molar-refractivity contribution in [3.05, 3.63) is 59.7 Å². The van der Waals surface area contributed by atoms with E-state index in [2.05, 4.69) is 22.1 Å². The van der Waals surface area contributed by atoms with E-state index in [1.54, 1.807) is 51.1 Å². The predicted octanol–water partition coefficient (Wildman–Crippen LogP) is 3.52. The number of nitrogens with zero attached hydrogens (tertiary/aromatic N) is 1. The Hall–Kier alpha value is -3.60. The molecule has 2 N–H and O–H groups in total. The average Bonchev–Trinajstić information content (AvgIpc) is 2.66. The van der Waals surface area contributed by atoms with E-state index in [0.717, 1.165) is 0 Å². The van der Waals surface area contributed by atoms with Crippen LogP contribution in [-0.4, -0.2) is 33.8 Å². The van der Waals surface area contributed by atoms with Gasteiger partial charge in [-0.05, 0) is 44.9 Å². The van der Waals surface area contributed by atoms with Crippen LogP contribution in [0.2, 0.25) is 0 Å². The Morgan fingerprint density at radius 2 is 1.97 bits per heavy atom. The number of carbonyl (C=O) groups is 2. The first-order valence-corrected chi connectivity index (χ1v) is 9.17. The van der Waals surface area contributed by atoms with E-state index in [9.17, 15) is 19.1 Å². The van der Waals surface area contributed by atoms with Crippen molar-refractivity contribution in [1.82, 2.24) is 10.3 Å². The summed E-state index contributed by atoms with van der Waals surface area (Å²) in [4.78, 5) is 27.2. The number of ether oxygens (including phenoxy) is 2. The Bertz CT molecular complexity index is 942. The number of alkyl carbamates (subject to hydrolysis) is 1. The summed E-state index contributed by atoms with van der Waals surface area (Å²) in [6.07, 6.45) is 0.492. The van der Waals surface area contributed by atoms with Crippen molar-refractivity contribution in [3.63, 3.8) is 0 Å². The number of rotatable bonds is 6. The van der Waals surface area contributed by atoms with Crippen LogP contribution in [0.5, 0.6) is 5.75 Å². The third-order valence-electron chi connectivity index (χ3n) is 3.60. The van der Waals surface area contributed by atoms with Crippen molar-refractivity contribution < 1.29 is 28.6 Å². The molecule has 1 aromatic heterocycles. The van der Waals surface area contributed by atoms with E-state index < -0.39 is 23.7 Å². The lowest BCUT2D eigenvalue weighted by Crippen LogP contribution is -2.43. The third-order valence-corrected chi connectivity index (χ3v) is 3.60. The maximum atomic E-state index is 13.6. The number of carbonyl (C=O) groups excluding carboxylic acids is 1. The summed E-state index contributed by atoms with van der Waals surface area (Å²) in [5, 5.41) is 11.5. The fourth-order valence-corrected chi connectivity index (χ4v) is 2.21. The van der Waals surface area contributed by atoms with Crippen LogP contribution in [0.15, 0.2) is 42.6 Å². The van der Waals surface area contributed by atoms with Crippen molar-refractivity contribution in [2.24, 2.45) is 0 Å². The molecule has 0 saturated carbocycles. The molecule has 158 valence electrons. The number of carboxylic acid groups (broad SMARTS) is 1. The minimum absolute atomic E-state index is 0.0655. The SMILES string of the molecule is CC(C)(C)OC(=O)N[C@@H](CC#Cc1ccc(OCc2ccccc2F)cn1)C(=O)O. The maximum absolute atomic E-state index is 13.6. The smallest absolute Gasteiger partial charge is 0.408 e. The van der Waals surface area contributed by atoms with Crippen LogP contribution >= 0.6 is 0 Å². The average molecular weight is 414 g/mol. The van der Waals surface area contributed by atoms with Gasteiger partial charge in [0.15, 0.2) is 0 Å². The van der Waals surface area contributed by atoms with E-state index in [1.165, 1.54) is 12.3 Å². The molecule has 8 heteroatoms. The second kappa shape index (κ2) is 10.3. The Kier molecular flexibility index (Phi) is 7.76. The van der Waals surface area contributed by atoms with Crippen LogP contribution in [-0.2, 0) is 16.1 Å².